The van der Waals surface area contributed by atoms with Crippen molar-refractivity contribution < 1.29 is 13.9 Å². The Balaban J connectivity index is 0.00000338. The molecule has 1 aliphatic carbocycles. The second-order valence-corrected chi connectivity index (χ2v) is 7.30. The van der Waals surface area contributed by atoms with Crippen molar-refractivity contribution in [2.75, 3.05) is 20.1 Å². The number of ether oxygens (including phenoxy) is 1. The molecule has 1 aromatic rings. The number of hydrogen-bond donors (Lipinski definition) is 3. The minimum Gasteiger partial charge on any atom is -0.469 e. The SMILES string of the molecule is CN=C(NCCc1ccco1)NCC(NC(=O)OC(C)(C)C)C1CC1.I. The number of halogens is 1. The lowest BCUT2D eigenvalue weighted by Gasteiger charge is -2.24. The van der Waals surface area contributed by atoms with E-state index >= 15 is 0 Å². The van der Waals surface area contributed by atoms with Gasteiger partial charge >= 0.3 is 6.09 Å². The first-order valence-corrected chi connectivity index (χ1v) is 8.84. The quantitative estimate of drug-likeness (QED) is 0.319. The standard InChI is InChI=1S/C18H30N4O3.HI/c1-18(2,3)25-17(23)22-15(13-7-8-13)12-21-16(19-4)20-10-9-14-6-5-11-24-14;/h5-6,11,13,15H,7-10,12H2,1-4H3,(H,22,23)(H2,19,20,21);1H. The van der Waals surface area contributed by atoms with E-state index < -0.39 is 5.60 Å². The molecule has 1 fully saturated rings. The zero-order valence-corrected chi connectivity index (χ0v) is 18.3. The molecule has 3 N–H and O–H groups in total. The number of carbonyl (C=O) groups excluding carboxylic acids is 1. The molecule has 1 aliphatic rings. The van der Waals surface area contributed by atoms with Gasteiger partial charge in [0.15, 0.2) is 5.96 Å². The summed E-state index contributed by atoms with van der Waals surface area (Å²) in [6, 6.07) is 3.87. The molecule has 8 heteroatoms. The number of nitrogens with one attached hydrogen (secondary N) is 3. The van der Waals surface area contributed by atoms with Crippen molar-refractivity contribution in [2.45, 2.75) is 51.7 Å². The molecule has 1 amide bonds. The molecule has 2 rings (SSSR count). The first-order chi connectivity index (χ1) is 11.9. The molecule has 1 unspecified atom stereocenters. The summed E-state index contributed by atoms with van der Waals surface area (Å²) >= 11 is 0. The third-order valence-corrected chi connectivity index (χ3v) is 3.85. The van der Waals surface area contributed by atoms with Gasteiger partial charge in [-0.2, -0.15) is 0 Å². The Bertz CT molecular complexity index is 565. The molecular weight excluding hydrogens is 447 g/mol. The average molecular weight is 478 g/mol. The molecule has 0 radical (unpaired) electrons. The van der Waals surface area contributed by atoms with E-state index in [4.69, 9.17) is 9.15 Å². The summed E-state index contributed by atoms with van der Waals surface area (Å²) in [6.45, 7) is 6.93. The van der Waals surface area contributed by atoms with E-state index in [1.165, 1.54) is 0 Å². The lowest BCUT2D eigenvalue weighted by atomic mass is 10.2. The smallest absolute Gasteiger partial charge is 0.407 e. The monoisotopic (exact) mass is 478 g/mol. The van der Waals surface area contributed by atoms with Gasteiger partial charge in [-0.3, -0.25) is 4.99 Å². The Hall–Kier alpha value is -1.45. The number of aliphatic imine (C=N–C) groups is 1. The summed E-state index contributed by atoms with van der Waals surface area (Å²) in [7, 11) is 1.73. The lowest BCUT2D eigenvalue weighted by molar-refractivity contribution is 0.0498. The van der Waals surface area contributed by atoms with Crippen LogP contribution in [0.15, 0.2) is 27.8 Å². The van der Waals surface area contributed by atoms with Crippen LogP contribution in [0.5, 0.6) is 0 Å². The molecule has 1 saturated carbocycles. The Labute approximate surface area is 172 Å². The van der Waals surface area contributed by atoms with Crippen LogP contribution in [0.3, 0.4) is 0 Å². The maximum Gasteiger partial charge on any atom is 0.407 e. The number of hydrogen-bond acceptors (Lipinski definition) is 4. The van der Waals surface area contributed by atoms with E-state index in [1.807, 2.05) is 32.9 Å². The number of guanidine groups is 1. The number of rotatable bonds is 7. The zero-order valence-electron chi connectivity index (χ0n) is 16.0. The van der Waals surface area contributed by atoms with Crippen molar-refractivity contribution in [3.8, 4) is 0 Å². The highest BCUT2D eigenvalue weighted by Gasteiger charge is 2.33. The molecule has 0 aliphatic heterocycles. The summed E-state index contributed by atoms with van der Waals surface area (Å²) in [5, 5.41) is 9.50. The number of nitrogens with zero attached hydrogens (tertiary/aromatic N) is 1. The third-order valence-electron chi connectivity index (χ3n) is 3.85. The highest BCUT2D eigenvalue weighted by molar-refractivity contribution is 14.0. The van der Waals surface area contributed by atoms with Crippen molar-refractivity contribution >= 4 is 36.0 Å². The summed E-state index contributed by atoms with van der Waals surface area (Å²) in [5.41, 5.74) is -0.491. The molecule has 1 atom stereocenters. The van der Waals surface area contributed by atoms with Crippen LogP contribution in [0.2, 0.25) is 0 Å². The lowest BCUT2D eigenvalue weighted by Crippen LogP contribution is -2.49. The van der Waals surface area contributed by atoms with E-state index in [1.54, 1.807) is 13.3 Å². The summed E-state index contributed by atoms with van der Waals surface area (Å²) in [6.07, 6.45) is 4.35. The van der Waals surface area contributed by atoms with Crippen LogP contribution < -0.4 is 16.0 Å². The number of carbonyl (C=O) groups is 1. The highest BCUT2D eigenvalue weighted by Crippen LogP contribution is 2.32. The molecule has 0 aromatic carbocycles. The summed E-state index contributed by atoms with van der Waals surface area (Å²) < 4.78 is 10.7. The second-order valence-electron chi connectivity index (χ2n) is 7.30. The first-order valence-electron chi connectivity index (χ1n) is 8.84. The molecule has 1 heterocycles. The van der Waals surface area contributed by atoms with Crippen LogP contribution in [0.4, 0.5) is 4.79 Å². The van der Waals surface area contributed by atoms with Crippen molar-refractivity contribution in [1.82, 2.24) is 16.0 Å². The van der Waals surface area contributed by atoms with Gasteiger partial charge in [0, 0.05) is 26.6 Å². The van der Waals surface area contributed by atoms with Crippen LogP contribution >= 0.6 is 24.0 Å². The van der Waals surface area contributed by atoms with Gasteiger partial charge in [-0.05, 0) is 51.7 Å². The molecule has 148 valence electrons. The molecule has 0 spiro atoms. The van der Waals surface area contributed by atoms with E-state index in [0.717, 1.165) is 31.6 Å². The Morgan fingerprint density at radius 2 is 2.12 bits per heavy atom. The van der Waals surface area contributed by atoms with E-state index in [2.05, 4.69) is 20.9 Å². The number of amides is 1. The fourth-order valence-electron chi connectivity index (χ4n) is 2.48. The van der Waals surface area contributed by atoms with Crippen LogP contribution in [0.25, 0.3) is 0 Å². The molecule has 0 bridgehead atoms. The Morgan fingerprint density at radius 3 is 2.65 bits per heavy atom. The minimum absolute atomic E-state index is 0. The maximum absolute atomic E-state index is 12.0. The van der Waals surface area contributed by atoms with Gasteiger partial charge in [0.2, 0.25) is 0 Å². The maximum atomic E-state index is 12.0. The average Bonchev–Trinajstić information content (AvgIpc) is 3.24. The number of alkyl carbamates (subject to hydrolysis) is 1. The van der Waals surface area contributed by atoms with Gasteiger partial charge in [-0.25, -0.2) is 4.79 Å². The zero-order chi connectivity index (χ0) is 18.3. The fourth-order valence-corrected chi connectivity index (χ4v) is 2.48. The Kier molecular flexibility index (Phi) is 9.24. The summed E-state index contributed by atoms with van der Waals surface area (Å²) in [5.74, 6) is 2.15. The van der Waals surface area contributed by atoms with E-state index in [9.17, 15) is 4.79 Å². The van der Waals surface area contributed by atoms with Crippen molar-refractivity contribution in [1.29, 1.82) is 0 Å². The van der Waals surface area contributed by atoms with Crippen molar-refractivity contribution in [3.05, 3.63) is 24.2 Å². The topological polar surface area (TPSA) is 87.9 Å². The third kappa shape index (κ3) is 8.77. The van der Waals surface area contributed by atoms with Crippen molar-refractivity contribution in [2.24, 2.45) is 10.9 Å². The fraction of sp³-hybridized carbons (Fsp3) is 0.667. The van der Waals surface area contributed by atoms with Gasteiger partial charge in [-0.1, -0.05) is 0 Å². The molecular formula is C18H31IN4O3. The van der Waals surface area contributed by atoms with E-state index in [-0.39, 0.29) is 36.1 Å². The number of furan rings is 1. The van der Waals surface area contributed by atoms with Crippen LogP contribution in [-0.2, 0) is 11.2 Å². The van der Waals surface area contributed by atoms with Crippen molar-refractivity contribution in [3.63, 3.8) is 0 Å². The van der Waals surface area contributed by atoms with Crippen LogP contribution in [-0.4, -0.2) is 43.8 Å². The second kappa shape index (κ2) is 10.6. The largest absolute Gasteiger partial charge is 0.469 e. The van der Waals surface area contributed by atoms with Gasteiger partial charge < -0.3 is 25.1 Å². The van der Waals surface area contributed by atoms with Crippen LogP contribution in [0.1, 0.15) is 39.4 Å². The highest BCUT2D eigenvalue weighted by atomic mass is 127. The first kappa shape index (κ1) is 22.6. The molecule has 7 nitrogen and oxygen atoms in total. The Morgan fingerprint density at radius 1 is 1.38 bits per heavy atom. The molecule has 1 aromatic heterocycles. The van der Waals surface area contributed by atoms with E-state index in [0.29, 0.717) is 18.4 Å². The predicted octanol–water partition coefficient (Wildman–Crippen LogP) is 2.91. The van der Waals surface area contributed by atoms with Gasteiger partial charge in [-0.15, -0.1) is 24.0 Å². The van der Waals surface area contributed by atoms with Gasteiger partial charge in [0.1, 0.15) is 11.4 Å². The van der Waals surface area contributed by atoms with Crippen LogP contribution in [0, 0.1) is 5.92 Å². The normalized spacial score (nSPS) is 15.6. The minimum atomic E-state index is -0.491. The van der Waals surface area contributed by atoms with Gasteiger partial charge in [0.05, 0.1) is 12.3 Å². The predicted molar refractivity (Wildman–Crippen MR) is 113 cm³/mol. The van der Waals surface area contributed by atoms with Gasteiger partial charge in [0.25, 0.3) is 0 Å². The molecule has 26 heavy (non-hydrogen) atoms. The molecule has 0 saturated heterocycles. The summed E-state index contributed by atoms with van der Waals surface area (Å²) in [4.78, 5) is 16.2.